The molecule has 1 unspecified atom stereocenters. The minimum Gasteiger partial charge on any atom is -0.507 e. The molecule has 0 radical (unpaired) electrons. The van der Waals surface area contributed by atoms with E-state index in [0.29, 0.717) is 52.2 Å². The zero-order valence-corrected chi connectivity index (χ0v) is 22.2. The molecule has 1 amide bonds. The topological polar surface area (TPSA) is 98.2 Å². The molecule has 2 heterocycles. The molecule has 39 heavy (non-hydrogen) atoms. The van der Waals surface area contributed by atoms with E-state index >= 15 is 0 Å². The number of amides is 1. The van der Waals surface area contributed by atoms with Gasteiger partial charge in [-0.1, -0.05) is 36.1 Å². The number of hydrogen-bond donors (Lipinski definition) is 1. The van der Waals surface area contributed by atoms with Crippen LogP contribution in [-0.2, 0) is 9.59 Å². The number of ether oxygens (including phenoxy) is 3. The molecule has 5 rings (SSSR count). The Labute approximate surface area is 229 Å². The fourth-order valence-electron chi connectivity index (χ4n) is 4.40. The third-order valence-corrected chi connectivity index (χ3v) is 7.25. The lowest BCUT2D eigenvalue weighted by atomic mass is 9.95. The third-order valence-electron chi connectivity index (χ3n) is 6.24. The van der Waals surface area contributed by atoms with Gasteiger partial charge in [0.15, 0.2) is 5.13 Å². The number of carbonyl (C=O) groups excluding carboxylic acids is 2. The summed E-state index contributed by atoms with van der Waals surface area (Å²) in [6.45, 7) is 6.37. The van der Waals surface area contributed by atoms with Crippen LogP contribution in [0.2, 0.25) is 0 Å². The largest absolute Gasteiger partial charge is 0.507 e. The minimum atomic E-state index is -0.910. The number of benzene rings is 3. The molecule has 0 aliphatic carbocycles. The van der Waals surface area contributed by atoms with Crippen LogP contribution in [0.3, 0.4) is 0 Å². The van der Waals surface area contributed by atoms with Gasteiger partial charge >= 0.3 is 5.91 Å². The van der Waals surface area contributed by atoms with E-state index in [1.165, 1.54) is 16.2 Å². The van der Waals surface area contributed by atoms with Gasteiger partial charge in [0.2, 0.25) is 0 Å². The van der Waals surface area contributed by atoms with Gasteiger partial charge in [-0.05, 0) is 67.1 Å². The Morgan fingerprint density at radius 1 is 1.03 bits per heavy atom. The molecule has 4 aromatic rings. The molecule has 0 saturated carbocycles. The van der Waals surface area contributed by atoms with Crippen LogP contribution < -0.4 is 19.1 Å². The summed E-state index contributed by atoms with van der Waals surface area (Å²) < 4.78 is 17.2. The van der Waals surface area contributed by atoms with Crippen LogP contribution in [0.1, 0.15) is 24.1 Å². The van der Waals surface area contributed by atoms with Crippen LogP contribution in [-0.4, -0.2) is 42.1 Å². The Hall–Kier alpha value is -4.63. The van der Waals surface area contributed by atoms with Crippen molar-refractivity contribution in [2.45, 2.75) is 13.0 Å². The first-order valence-electron chi connectivity index (χ1n) is 12.3. The maximum atomic E-state index is 13.5. The lowest BCUT2D eigenvalue weighted by Gasteiger charge is -2.23. The quantitative estimate of drug-likeness (QED) is 0.122. The molecular weight excluding hydrogens is 516 g/mol. The number of rotatable bonds is 9. The number of aliphatic hydroxyl groups is 1. The normalized spacial score (nSPS) is 16.5. The first kappa shape index (κ1) is 26.0. The van der Waals surface area contributed by atoms with E-state index in [4.69, 9.17) is 14.2 Å². The Bertz CT molecular complexity index is 1570. The lowest BCUT2D eigenvalue weighted by Crippen LogP contribution is -2.29. The predicted molar refractivity (Wildman–Crippen MR) is 151 cm³/mol. The van der Waals surface area contributed by atoms with Crippen molar-refractivity contribution in [2.24, 2.45) is 0 Å². The number of carbonyl (C=O) groups is 2. The minimum absolute atomic E-state index is 0.0271. The summed E-state index contributed by atoms with van der Waals surface area (Å²) in [5.74, 6) is 0.0431. The number of aromatic nitrogens is 1. The molecule has 3 aromatic carbocycles. The molecule has 0 spiro atoms. The average molecular weight is 543 g/mol. The summed E-state index contributed by atoms with van der Waals surface area (Å²) in [5.41, 5.74) is 1.64. The molecule has 1 aromatic heterocycles. The van der Waals surface area contributed by atoms with E-state index in [0.717, 1.165) is 4.70 Å². The Balaban J connectivity index is 1.64. The number of aliphatic hydroxyl groups excluding tert-OH is 1. The lowest BCUT2D eigenvalue weighted by molar-refractivity contribution is -0.132. The summed E-state index contributed by atoms with van der Waals surface area (Å²) in [6, 6.07) is 18.2. The van der Waals surface area contributed by atoms with E-state index in [-0.39, 0.29) is 11.3 Å². The number of ketones is 1. The molecule has 1 N–H and O–H groups in total. The second-order valence-electron chi connectivity index (χ2n) is 8.63. The fraction of sp³-hybridized carbons (Fsp3) is 0.167. The Kier molecular flexibility index (Phi) is 7.33. The van der Waals surface area contributed by atoms with Crippen molar-refractivity contribution in [1.82, 2.24) is 4.98 Å². The number of Topliss-reactive ketones (excluding diaryl/α,β-unsaturated/α-hetero) is 1. The number of anilines is 1. The third kappa shape index (κ3) is 4.96. The van der Waals surface area contributed by atoms with E-state index in [1.807, 2.05) is 13.0 Å². The highest BCUT2D eigenvalue weighted by atomic mass is 32.1. The van der Waals surface area contributed by atoms with E-state index in [1.54, 1.807) is 73.8 Å². The molecule has 198 valence electrons. The summed E-state index contributed by atoms with van der Waals surface area (Å²) >= 11 is 1.26. The molecule has 1 fully saturated rings. The van der Waals surface area contributed by atoms with E-state index in [9.17, 15) is 14.7 Å². The Morgan fingerprint density at radius 2 is 1.69 bits per heavy atom. The summed E-state index contributed by atoms with van der Waals surface area (Å²) in [5, 5.41) is 11.7. The van der Waals surface area contributed by atoms with Crippen LogP contribution in [0.25, 0.3) is 16.0 Å². The van der Waals surface area contributed by atoms with Gasteiger partial charge in [0.25, 0.3) is 5.78 Å². The van der Waals surface area contributed by atoms with Crippen molar-refractivity contribution in [3.05, 3.63) is 96.1 Å². The second kappa shape index (κ2) is 11.0. The molecule has 8 nitrogen and oxygen atoms in total. The van der Waals surface area contributed by atoms with Crippen LogP contribution in [0.15, 0.2) is 85.0 Å². The van der Waals surface area contributed by atoms with E-state index < -0.39 is 17.7 Å². The van der Waals surface area contributed by atoms with E-state index in [2.05, 4.69) is 11.6 Å². The van der Waals surface area contributed by atoms with Crippen LogP contribution in [0.4, 0.5) is 5.13 Å². The van der Waals surface area contributed by atoms with Crippen molar-refractivity contribution < 1.29 is 28.9 Å². The van der Waals surface area contributed by atoms with Crippen LogP contribution >= 0.6 is 11.3 Å². The van der Waals surface area contributed by atoms with Gasteiger partial charge in [-0.3, -0.25) is 14.5 Å². The maximum Gasteiger partial charge on any atom is 0.301 e. The highest BCUT2D eigenvalue weighted by Crippen LogP contribution is 2.45. The molecule has 9 heteroatoms. The average Bonchev–Trinajstić information content (AvgIpc) is 3.49. The van der Waals surface area contributed by atoms with Gasteiger partial charge in [-0.15, -0.1) is 0 Å². The first-order valence-corrected chi connectivity index (χ1v) is 13.1. The molecule has 1 saturated heterocycles. The molecule has 1 aliphatic heterocycles. The number of hydrogen-bond acceptors (Lipinski definition) is 8. The van der Waals surface area contributed by atoms with Gasteiger partial charge in [0.05, 0.1) is 35.5 Å². The molecule has 0 bridgehead atoms. The van der Waals surface area contributed by atoms with Crippen molar-refractivity contribution in [1.29, 1.82) is 0 Å². The molecule has 1 atom stereocenters. The summed E-state index contributed by atoms with van der Waals surface area (Å²) in [6.07, 6.45) is 1.64. The summed E-state index contributed by atoms with van der Waals surface area (Å²) in [7, 11) is 1.57. The Morgan fingerprint density at radius 3 is 2.36 bits per heavy atom. The van der Waals surface area contributed by atoms with Crippen LogP contribution in [0, 0.1) is 0 Å². The van der Waals surface area contributed by atoms with Crippen molar-refractivity contribution >= 4 is 44.1 Å². The van der Waals surface area contributed by atoms with Gasteiger partial charge in [0, 0.05) is 5.56 Å². The predicted octanol–water partition coefficient (Wildman–Crippen LogP) is 5.89. The molecule has 1 aliphatic rings. The second-order valence-corrected chi connectivity index (χ2v) is 9.63. The zero-order chi connectivity index (χ0) is 27.5. The molecular formula is C30H26N2O6S. The van der Waals surface area contributed by atoms with Gasteiger partial charge < -0.3 is 19.3 Å². The SMILES string of the molecule is C=CCOc1ccc(C2/C(=C(\O)c3ccc(OCC)cc3)C(=O)C(=O)N2c2nc3ccc(OC)cc3s2)cc1. The van der Waals surface area contributed by atoms with Gasteiger partial charge in [-0.25, -0.2) is 4.98 Å². The standard InChI is InChI=1S/C30H26N2O6S/c1-4-16-38-21-10-6-18(7-11-21)26-25(27(33)19-8-12-20(13-9-19)37-5-2)28(34)29(35)32(26)30-31-23-15-14-22(36-3)17-24(23)39-30/h4,6-15,17,26,33H,1,5,16H2,2-3H3/b27-25+. The number of methoxy groups -OCH3 is 1. The zero-order valence-electron chi connectivity index (χ0n) is 21.4. The van der Waals surface area contributed by atoms with Crippen LogP contribution in [0.5, 0.6) is 17.2 Å². The smallest absolute Gasteiger partial charge is 0.301 e. The van der Waals surface area contributed by atoms with Crippen molar-refractivity contribution in [3.63, 3.8) is 0 Å². The fourth-order valence-corrected chi connectivity index (χ4v) is 5.42. The number of thiazole rings is 1. The maximum absolute atomic E-state index is 13.5. The van der Waals surface area contributed by atoms with Gasteiger partial charge in [-0.2, -0.15) is 0 Å². The monoisotopic (exact) mass is 542 g/mol. The highest BCUT2D eigenvalue weighted by Gasteiger charge is 2.48. The van der Waals surface area contributed by atoms with Crippen molar-refractivity contribution in [3.8, 4) is 17.2 Å². The summed E-state index contributed by atoms with van der Waals surface area (Å²) in [4.78, 5) is 33.0. The number of fused-ring (bicyclic) bond motifs is 1. The van der Waals surface area contributed by atoms with Crippen molar-refractivity contribution in [2.75, 3.05) is 25.2 Å². The van der Waals surface area contributed by atoms with Gasteiger partial charge in [0.1, 0.15) is 29.6 Å². The highest BCUT2D eigenvalue weighted by molar-refractivity contribution is 7.22. The number of nitrogens with zero attached hydrogens (tertiary/aromatic N) is 2. The first-order chi connectivity index (χ1) is 18.9.